The number of hydrogen-bond acceptors (Lipinski definition) is 3. The minimum absolute atomic E-state index is 0.124. The van der Waals surface area contributed by atoms with Crippen LogP contribution in [0, 0.1) is 6.92 Å². The molecule has 7 heteroatoms. The van der Waals surface area contributed by atoms with Gasteiger partial charge in [0.15, 0.2) is 0 Å². The molecule has 3 N–H and O–H groups in total. The predicted octanol–water partition coefficient (Wildman–Crippen LogP) is 5.21. The number of benzene rings is 2. The minimum atomic E-state index is -0.177. The van der Waals surface area contributed by atoms with E-state index < -0.39 is 0 Å². The lowest BCUT2D eigenvalue weighted by Gasteiger charge is -2.17. The zero-order valence-corrected chi connectivity index (χ0v) is 20.4. The average molecular weight is 477 g/mol. The van der Waals surface area contributed by atoms with Crippen LogP contribution in [0.4, 0.5) is 5.69 Å². The maximum atomic E-state index is 12.9. The van der Waals surface area contributed by atoms with E-state index in [2.05, 4.69) is 34.4 Å². The Morgan fingerprint density at radius 2 is 1.91 bits per heavy atom. The summed E-state index contributed by atoms with van der Waals surface area (Å²) in [6.45, 7) is 9.40. The summed E-state index contributed by atoms with van der Waals surface area (Å²) in [4.78, 5) is 31.1. The molecule has 1 aliphatic rings. The Kier molecular flexibility index (Phi) is 7.20. The van der Waals surface area contributed by atoms with Crippen LogP contribution in [0.15, 0.2) is 48.7 Å². The molecule has 0 radical (unpaired) electrons. The van der Waals surface area contributed by atoms with E-state index in [1.807, 2.05) is 55.5 Å². The van der Waals surface area contributed by atoms with E-state index in [0.29, 0.717) is 22.7 Å². The number of likely N-dealkylation sites (N-methyl/N-ethyl adjacent to an activating group) is 1. The fourth-order valence-electron chi connectivity index (χ4n) is 4.29. The van der Waals surface area contributed by atoms with Gasteiger partial charge in [-0.2, -0.15) is 0 Å². The topological polar surface area (TPSA) is 77.2 Å². The molecule has 3 aromatic rings. The third kappa shape index (κ3) is 4.79. The Morgan fingerprint density at radius 1 is 1.15 bits per heavy atom. The Balaban J connectivity index is 1.63. The van der Waals surface area contributed by atoms with Gasteiger partial charge in [-0.25, -0.2) is 0 Å². The van der Waals surface area contributed by atoms with Gasteiger partial charge >= 0.3 is 0 Å². The Labute approximate surface area is 205 Å². The largest absolute Gasteiger partial charge is 0.361 e. The Hall–Kier alpha value is -3.35. The van der Waals surface area contributed by atoms with Crippen molar-refractivity contribution in [3.8, 4) is 11.1 Å². The van der Waals surface area contributed by atoms with Crippen molar-refractivity contribution in [2.75, 3.05) is 31.5 Å². The quantitative estimate of drug-likeness (QED) is 0.391. The minimum Gasteiger partial charge on any atom is -0.361 e. The Morgan fingerprint density at radius 3 is 2.65 bits per heavy atom. The highest BCUT2D eigenvalue weighted by atomic mass is 35.5. The fourth-order valence-corrected chi connectivity index (χ4v) is 4.48. The van der Waals surface area contributed by atoms with Crippen LogP contribution < -0.4 is 10.6 Å². The number of H-pyrrole nitrogens is 1. The number of anilines is 1. The summed E-state index contributed by atoms with van der Waals surface area (Å²) >= 11 is 6.22. The SMILES string of the molecule is CCN(CC)CCNC(=O)c1c[nH]c(C=C2C(=O)Nc3cccc(-c4cccc(Cl)c4)c32)c1C. The third-order valence-corrected chi connectivity index (χ3v) is 6.52. The standard InChI is InChI=1S/C27H29ClN4O2/c1-4-32(5-2)13-12-29-26(33)22-16-30-24(17(22)3)15-21-25-20(18-8-6-9-19(28)14-18)10-7-11-23(25)31-27(21)34/h6-11,14-16,30H,4-5,12-13H2,1-3H3,(H,29,33)(H,31,34). The number of halogens is 1. The van der Waals surface area contributed by atoms with Gasteiger partial charge in [0.2, 0.25) is 0 Å². The summed E-state index contributed by atoms with van der Waals surface area (Å²) in [6, 6.07) is 13.4. The van der Waals surface area contributed by atoms with Gasteiger partial charge in [-0.05, 0) is 61.0 Å². The number of rotatable bonds is 8. The van der Waals surface area contributed by atoms with Crippen LogP contribution in [0.5, 0.6) is 0 Å². The van der Waals surface area contributed by atoms with Crippen LogP contribution in [-0.2, 0) is 4.79 Å². The van der Waals surface area contributed by atoms with Crippen molar-refractivity contribution >= 4 is 40.8 Å². The van der Waals surface area contributed by atoms with Crippen molar-refractivity contribution in [2.24, 2.45) is 0 Å². The molecule has 2 aromatic carbocycles. The van der Waals surface area contributed by atoms with E-state index >= 15 is 0 Å². The first-order valence-corrected chi connectivity index (χ1v) is 11.9. The molecule has 4 rings (SSSR count). The molecule has 0 spiro atoms. The van der Waals surface area contributed by atoms with Gasteiger partial charge in [-0.3, -0.25) is 9.59 Å². The average Bonchev–Trinajstić information content (AvgIpc) is 3.36. The highest BCUT2D eigenvalue weighted by Crippen LogP contribution is 2.41. The summed E-state index contributed by atoms with van der Waals surface area (Å²) in [6.07, 6.45) is 3.52. The van der Waals surface area contributed by atoms with Gasteiger partial charge < -0.3 is 20.5 Å². The molecule has 2 amide bonds. The molecular formula is C27H29ClN4O2. The van der Waals surface area contributed by atoms with Crippen molar-refractivity contribution in [1.29, 1.82) is 0 Å². The summed E-state index contributed by atoms with van der Waals surface area (Å²) in [5.41, 5.74) is 6.09. The van der Waals surface area contributed by atoms with Crippen LogP contribution in [0.3, 0.4) is 0 Å². The van der Waals surface area contributed by atoms with Gasteiger partial charge in [0.25, 0.3) is 11.8 Å². The normalized spacial score (nSPS) is 13.9. The number of nitrogens with one attached hydrogen (secondary N) is 3. The highest BCUT2D eigenvalue weighted by molar-refractivity contribution is 6.36. The Bertz CT molecular complexity index is 1260. The number of aromatic amines is 1. The maximum absolute atomic E-state index is 12.9. The third-order valence-electron chi connectivity index (χ3n) is 6.28. The smallest absolute Gasteiger partial charge is 0.256 e. The lowest BCUT2D eigenvalue weighted by atomic mass is 9.94. The number of fused-ring (bicyclic) bond motifs is 1. The monoisotopic (exact) mass is 476 g/mol. The second-order valence-corrected chi connectivity index (χ2v) is 8.71. The first kappa shape index (κ1) is 23.8. The molecule has 6 nitrogen and oxygen atoms in total. The first-order chi connectivity index (χ1) is 16.4. The van der Waals surface area contributed by atoms with Gasteiger partial charge in [0, 0.05) is 41.3 Å². The molecule has 176 valence electrons. The molecular weight excluding hydrogens is 448 g/mol. The summed E-state index contributed by atoms with van der Waals surface area (Å²) in [5, 5.41) is 6.58. The maximum Gasteiger partial charge on any atom is 0.256 e. The number of carbonyl (C=O) groups is 2. The molecule has 0 unspecified atom stereocenters. The van der Waals surface area contributed by atoms with Gasteiger partial charge in [0.05, 0.1) is 11.1 Å². The summed E-state index contributed by atoms with van der Waals surface area (Å²) in [7, 11) is 0. The predicted molar refractivity (Wildman–Crippen MR) is 139 cm³/mol. The first-order valence-electron chi connectivity index (χ1n) is 11.5. The van der Waals surface area contributed by atoms with E-state index in [0.717, 1.165) is 53.3 Å². The molecule has 1 aliphatic heterocycles. The van der Waals surface area contributed by atoms with Crippen molar-refractivity contribution in [3.63, 3.8) is 0 Å². The zero-order chi connectivity index (χ0) is 24.2. The molecule has 1 aromatic heterocycles. The molecule has 34 heavy (non-hydrogen) atoms. The number of amides is 2. The van der Waals surface area contributed by atoms with Crippen LogP contribution in [-0.4, -0.2) is 47.9 Å². The molecule has 0 saturated heterocycles. The number of aromatic nitrogens is 1. The van der Waals surface area contributed by atoms with Crippen LogP contribution in [0.2, 0.25) is 5.02 Å². The van der Waals surface area contributed by atoms with Crippen molar-refractivity contribution in [2.45, 2.75) is 20.8 Å². The fraction of sp³-hybridized carbons (Fsp3) is 0.259. The van der Waals surface area contributed by atoms with Crippen LogP contribution >= 0.6 is 11.6 Å². The second-order valence-electron chi connectivity index (χ2n) is 8.27. The van der Waals surface area contributed by atoms with Crippen molar-refractivity contribution < 1.29 is 9.59 Å². The van der Waals surface area contributed by atoms with Crippen LogP contribution in [0.1, 0.15) is 41.0 Å². The molecule has 2 heterocycles. The van der Waals surface area contributed by atoms with Crippen LogP contribution in [0.25, 0.3) is 22.8 Å². The lowest BCUT2D eigenvalue weighted by Crippen LogP contribution is -2.34. The molecule has 0 bridgehead atoms. The molecule has 0 fully saturated rings. The van der Waals surface area contributed by atoms with Gasteiger partial charge in [0.1, 0.15) is 0 Å². The van der Waals surface area contributed by atoms with Gasteiger partial charge in [-0.15, -0.1) is 0 Å². The number of hydrogen-bond donors (Lipinski definition) is 3. The highest BCUT2D eigenvalue weighted by Gasteiger charge is 2.28. The van der Waals surface area contributed by atoms with E-state index in [1.165, 1.54) is 0 Å². The summed E-state index contributed by atoms with van der Waals surface area (Å²) < 4.78 is 0. The molecule has 0 saturated carbocycles. The summed E-state index contributed by atoms with van der Waals surface area (Å²) in [5.74, 6) is -0.301. The second kappa shape index (κ2) is 10.3. The molecule has 0 atom stereocenters. The van der Waals surface area contributed by atoms with Crippen molar-refractivity contribution in [1.82, 2.24) is 15.2 Å². The molecule has 0 aliphatic carbocycles. The van der Waals surface area contributed by atoms with E-state index in [9.17, 15) is 9.59 Å². The zero-order valence-electron chi connectivity index (χ0n) is 19.7. The number of carbonyl (C=O) groups excluding carboxylic acids is 2. The number of nitrogens with zero attached hydrogens (tertiary/aromatic N) is 1. The van der Waals surface area contributed by atoms with E-state index in [4.69, 9.17) is 11.6 Å². The van der Waals surface area contributed by atoms with Gasteiger partial charge in [-0.1, -0.05) is 49.7 Å². The lowest BCUT2D eigenvalue weighted by molar-refractivity contribution is -0.110. The van der Waals surface area contributed by atoms with E-state index in [1.54, 1.807) is 6.20 Å². The van der Waals surface area contributed by atoms with E-state index in [-0.39, 0.29) is 11.8 Å². The van der Waals surface area contributed by atoms with Crippen molar-refractivity contribution in [3.05, 3.63) is 76.1 Å².